The summed E-state index contributed by atoms with van der Waals surface area (Å²) >= 11 is 9.06. The summed E-state index contributed by atoms with van der Waals surface area (Å²) in [5.41, 5.74) is 1.68. The molecule has 0 aliphatic rings. The second kappa shape index (κ2) is 6.90. The van der Waals surface area contributed by atoms with Crippen molar-refractivity contribution in [2.75, 3.05) is 5.88 Å². The van der Waals surface area contributed by atoms with E-state index in [1.54, 1.807) is 12.1 Å². The van der Waals surface area contributed by atoms with Gasteiger partial charge in [0, 0.05) is 24.9 Å². The first kappa shape index (κ1) is 15.8. The fraction of sp³-hybridized carbons (Fsp3) is 0.533. The van der Waals surface area contributed by atoms with E-state index in [4.69, 9.17) is 11.6 Å². The number of aromatic nitrogens is 2. The van der Waals surface area contributed by atoms with Gasteiger partial charge in [0.15, 0.2) is 0 Å². The van der Waals surface area contributed by atoms with Gasteiger partial charge in [0.1, 0.15) is 11.6 Å². The number of aryl methyl sites for hydroxylation is 2. The number of fused-ring (bicyclic) bond motifs is 1. The number of hydrogen-bond donors (Lipinski definition) is 0. The lowest BCUT2D eigenvalue weighted by atomic mass is 10.1. The molecule has 1 aromatic carbocycles. The zero-order valence-electron chi connectivity index (χ0n) is 11.8. The van der Waals surface area contributed by atoms with Gasteiger partial charge in [-0.1, -0.05) is 13.8 Å². The second-order valence-corrected chi connectivity index (χ2v) is 6.64. The fourth-order valence-electron chi connectivity index (χ4n) is 2.35. The minimum atomic E-state index is -0.250. The van der Waals surface area contributed by atoms with Gasteiger partial charge in [0.05, 0.1) is 15.5 Å². The Morgan fingerprint density at radius 1 is 1.40 bits per heavy atom. The summed E-state index contributed by atoms with van der Waals surface area (Å²) in [5.74, 6) is 1.89. The summed E-state index contributed by atoms with van der Waals surface area (Å²) in [5, 5.41) is 0. The summed E-state index contributed by atoms with van der Waals surface area (Å²) < 4.78 is 16.3. The molecule has 0 unspecified atom stereocenters. The van der Waals surface area contributed by atoms with Crippen molar-refractivity contribution in [3.05, 3.63) is 28.2 Å². The van der Waals surface area contributed by atoms with Crippen LogP contribution in [0.2, 0.25) is 0 Å². The zero-order valence-corrected chi connectivity index (χ0v) is 14.1. The van der Waals surface area contributed by atoms with Crippen LogP contribution in [-0.4, -0.2) is 15.4 Å². The van der Waals surface area contributed by atoms with Crippen LogP contribution in [0.3, 0.4) is 0 Å². The summed E-state index contributed by atoms with van der Waals surface area (Å²) in [6, 6.07) is 3.29. The molecule has 0 aliphatic heterocycles. The lowest BCUT2D eigenvalue weighted by Crippen LogP contribution is -2.06. The number of halogens is 3. The van der Waals surface area contributed by atoms with Gasteiger partial charge in [-0.3, -0.25) is 0 Å². The number of hydrogen-bond acceptors (Lipinski definition) is 1. The van der Waals surface area contributed by atoms with E-state index in [1.807, 2.05) is 0 Å². The molecule has 0 atom stereocenters. The van der Waals surface area contributed by atoms with Crippen molar-refractivity contribution in [3.8, 4) is 0 Å². The van der Waals surface area contributed by atoms with Crippen molar-refractivity contribution in [2.45, 2.75) is 39.7 Å². The van der Waals surface area contributed by atoms with Crippen molar-refractivity contribution in [1.82, 2.24) is 9.55 Å². The van der Waals surface area contributed by atoms with Gasteiger partial charge in [-0.25, -0.2) is 9.37 Å². The molecule has 0 saturated carbocycles. The molecule has 2 aromatic rings. The Kier molecular flexibility index (Phi) is 5.44. The molecule has 20 heavy (non-hydrogen) atoms. The Balaban J connectivity index is 2.37. The molecule has 0 fully saturated rings. The number of alkyl halides is 1. The second-order valence-electron chi connectivity index (χ2n) is 5.41. The summed E-state index contributed by atoms with van der Waals surface area (Å²) in [7, 11) is 0. The van der Waals surface area contributed by atoms with Crippen molar-refractivity contribution in [2.24, 2.45) is 5.92 Å². The highest BCUT2D eigenvalue weighted by molar-refractivity contribution is 9.10. The first-order valence-corrected chi connectivity index (χ1v) is 8.25. The highest BCUT2D eigenvalue weighted by Gasteiger charge is 2.13. The van der Waals surface area contributed by atoms with Crippen LogP contribution in [0.25, 0.3) is 11.0 Å². The minimum Gasteiger partial charge on any atom is -0.328 e. The van der Waals surface area contributed by atoms with E-state index < -0.39 is 0 Å². The summed E-state index contributed by atoms with van der Waals surface area (Å²) in [6.45, 7) is 5.28. The summed E-state index contributed by atoms with van der Waals surface area (Å²) in [6.07, 6.45) is 2.92. The number of rotatable bonds is 6. The van der Waals surface area contributed by atoms with E-state index in [0.717, 1.165) is 36.2 Å². The van der Waals surface area contributed by atoms with Crippen LogP contribution in [0, 0.1) is 11.7 Å². The van der Waals surface area contributed by atoms with Gasteiger partial charge in [0.25, 0.3) is 0 Å². The molecule has 5 heteroatoms. The highest BCUT2D eigenvalue weighted by atomic mass is 79.9. The Hall–Kier alpha value is -0.610. The minimum absolute atomic E-state index is 0.250. The molecule has 1 heterocycles. The van der Waals surface area contributed by atoms with Crippen LogP contribution >= 0.6 is 27.5 Å². The van der Waals surface area contributed by atoms with E-state index in [9.17, 15) is 4.39 Å². The smallest absolute Gasteiger partial charge is 0.139 e. The lowest BCUT2D eigenvalue weighted by Gasteiger charge is -2.10. The molecular formula is C15H19BrClFN2. The van der Waals surface area contributed by atoms with E-state index in [2.05, 4.69) is 39.3 Å². The predicted molar refractivity (Wildman–Crippen MR) is 85.9 cm³/mol. The van der Waals surface area contributed by atoms with Crippen molar-refractivity contribution in [3.63, 3.8) is 0 Å². The Morgan fingerprint density at radius 3 is 2.80 bits per heavy atom. The van der Waals surface area contributed by atoms with Gasteiger partial charge in [0.2, 0.25) is 0 Å². The van der Waals surface area contributed by atoms with Crippen molar-refractivity contribution >= 4 is 38.6 Å². The topological polar surface area (TPSA) is 17.8 Å². The maximum atomic E-state index is 13.8. The fourth-order valence-corrected chi connectivity index (χ4v) is 2.85. The molecule has 0 N–H and O–H groups in total. The zero-order chi connectivity index (χ0) is 14.7. The van der Waals surface area contributed by atoms with Crippen LogP contribution in [0.4, 0.5) is 4.39 Å². The van der Waals surface area contributed by atoms with Gasteiger partial charge >= 0.3 is 0 Å². The first-order valence-electron chi connectivity index (χ1n) is 6.93. The molecule has 0 radical (unpaired) electrons. The normalized spacial score (nSPS) is 11.7. The molecule has 1 aromatic heterocycles. The molecular weight excluding hydrogens is 343 g/mol. The number of benzene rings is 1. The van der Waals surface area contributed by atoms with Crippen LogP contribution in [-0.2, 0) is 13.0 Å². The van der Waals surface area contributed by atoms with Crippen molar-refractivity contribution < 1.29 is 4.39 Å². The lowest BCUT2D eigenvalue weighted by molar-refractivity contribution is 0.509. The van der Waals surface area contributed by atoms with Crippen molar-refractivity contribution in [1.29, 1.82) is 0 Å². The molecule has 0 amide bonds. The van der Waals surface area contributed by atoms with Crippen LogP contribution in [0.5, 0.6) is 0 Å². The Morgan fingerprint density at radius 2 is 2.15 bits per heavy atom. The molecule has 2 rings (SSSR count). The number of imidazole rings is 1. The Labute approximate surface area is 132 Å². The molecule has 2 nitrogen and oxygen atoms in total. The predicted octanol–water partition coefficient (Wildman–Crippen LogP) is 5.16. The van der Waals surface area contributed by atoms with Crippen LogP contribution in [0.1, 0.15) is 32.5 Å². The van der Waals surface area contributed by atoms with Gasteiger partial charge < -0.3 is 4.57 Å². The average molecular weight is 362 g/mol. The molecule has 110 valence electrons. The van der Waals surface area contributed by atoms with Gasteiger partial charge in [-0.05, 0) is 40.8 Å². The third-order valence-electron chi connectivity index (χ3n) is 3.35. The maximum Gasteiger partial charge on any atom is 0.139 e. The van der Waals surface area contributed by atoms with E-state index in [-0.39, 0.29) is 5.82 Å². The van der Waals surface area contributed by atoms with Gasteiger partial charge in [-0.2, -0.15) is 0 Å². The molecule has 0 spiro atoms. The monoisotopic (exact) mass is 360 g/mol. The van der Waals surface area contributed by atoms with E-state index >= 15 is 0 Å². The first-order chi connectivity index (χ1) is 9.52. The Bertz CT molecular complexity index is 595. The third-order valence-corrected chi connectivity index (χ3v) is 4.15. The largest absolute Gasteiger partial charge is 0.328 e. The van der Waals surface area contributed by atoms with E-state index in [1.165, 1.54) is 0 Å². The van der Waals surface area contributed by atoms with Gasteiger partial charge in [-0.15, -0.1) is 11.6 Å². The van der Waals surface area contributed by atoms with Crippen LogP contribution < -0.4 is 0 Å². The average Bonchev–Trinajstić information content (AvgIpc) is 2.68. The quantitative estimate of drug-likeness (QED) is 0.650. The number of nitrogens with zero attached hydrogens (tertiary/aromatic N) is 2. The molecule has 0 aliphatic carbocycles. The van der Waals surface area contributed by atoms with Crippen LogP contribution in [0.15, 0.2) is 16.6 Å². The van der Waals surface area contributed by atoms with E-state index in [0.29, 0.717) is 22.7 Å². The third kappa shape index (κ3) is 3.53. The summed E-state index contributed by atoms with van der Waals surface area (Å²) in [4.78, 5) is 4.58. The SMILES string of the molecule is CC(C)CCCn1c(CCCl)nc2cc(Br)c(F)cc21. The molecule has 0 bridgehead atoms. The molecule has 0 saturated heterocycles. The standard InChI is InChI=1S/C15H19BrClFN2/c1-10(2)4-3-7-20-14-9-12(18)11(16)8-13(14)19-15(20)5-6-17/h8-10H,3-7H2,1-2H3. The maximum absolute atomic E-state index is 13.8. The highest BCUT2D eigenvalue weighted by Crippen LogP contribution is 2.25.